The SMILES string of the molecule is COC(=O)c1ccc(OC(=O)/C=C/c2ccc3c(c2)OCCO3)cc1. The second kappa shape index (κ2) is 7.53. The van der Waals surface area contributed by atoms with Crippen LogP contribution < -0.4 is 14.2 Å². The molecular formula is C19H16O6. The van der Waals surface area contributed by atoms with Gasteiger partial charge in [-0.15, -0.1) is 0 Å². The van der Waals surface area contributed by atoms with Gasteiger partial charge in [0, 0.05) is 6.08 Å². The fourth-order valence-electron chi connectivity index (χ4n) is 2.25. The fourth-order valence-corrected chi connectivity index (χ4v) is 2.25. The van der Waals surface area contributed by atoms with E-state index in [0.29, 0.717) is 36.0 Å². The van der Waals surface area contributed by atoms with E-state index in [4.69, 9.17) is 14.2 Å². The van der Waals surface area contributed by atoms with E-state index in [-0.39, 0.29) is 0 Å². The number of hydrogen-bond acceptors (Lipinski definition) is 6. The summed E-state index contributed by atoms with van der Waals surface area (Å²) in [5.74, 6) is 0.707. The smallest absolute Gasteiger partial charge is 0.337 e. The van der Waals surface area contributed by atoms with E-state index < -0.39 is 11.9 Å². The summed E-state index contributed by atoms with van der Waals surface area (Å²) in [7, 11) is 1.30. The van der Waals surface area contributed by atoms with Crippen LogP contribution in [0.2, 0.25) is 0 Å². The van der Waals surface area contributed by atoms with Crippen LogP contribution in [0.15, 0.2) is 48.5 Å². The molecule has 0 bridgehead atoms. The first-order valence-electron chi connectivity index (χ1n) is 7.63. The maximum absolute atomic E-state index is 11.9. The average Bonchev–Trinajstić information content (AvgIpc) is 2.66. The standard InChI is InChI=1S/C19H16O6/c1-22-19(21)14-4-6-15(7-5-14)25-18(20)9-3-13-2-8-16-17(12-13)24-11-10-23-16/h2-9,12H,10-11H2,1H3/b9-3+. The molecule has 0 saturated carbocycles. The van der Waals surface area contributed by atoms with Gasteiger partial charge in [0.1, 0.15) is 19.0 Å². The first-order valence-corrected chi connectivity index (χ1v) is 7.63. The molecule has 0 amide bonds. The van der Waals surface area contributed by atoms with Gasteiger partial charge in [-0.05, 0) is 48.0 Å². The van der Waals surface area contributed by atoms with Gasteiger partial charge in [0.15, 0.2) is 11.5 Å². The number of fused-ring (bicyclic) bond motifs is 1. The molecule has 0 radical (unpaired) electrons. The molecule has 0 spiro atoms. The molecule has 6 nitrogen and oxygen atoms in total. The number of methoxy groups -OCH3 is 1. The molecule has 0 N–H and O–H groups in total. The minimum absolute atomic E-state index is 0.337. The summed E-state index contributed by atoms with van der Waals surface area (Å²) in [4.78, 5) is 23.2. The van der Waals surface area contributed by atoms with Crippen molar-refractivity contribution in [2.45, 2.75) is 0 Å². The Morgan fingerprint density at radius 1 is 1.00 bits per heavy atom. The molecule has 6 heteroatoms. The zero-order valence-electron chi connectivity index (χ0n) is 13.6. The predicted molar refractivity (Wildman–Crippen MR) is 89.9 cm³/mol. The summed E-state index contributed by atoms with van der Waals surface area (Å²) in [5.41, 5.74) is 1.18. The molecule has 2 aromatic carbocycles. The van der Waals surface area contributed by atoms with E-state index in [9.17, 15) is 9.59 Å². The number of hydrogen-bond donors (Lipinski definition) is 0. The van der Waals surface area contributed by atoms with Crippen molar-refractivity contribution in [2.75, 3.05) is 20.3 Å². The number of ether oxygens (including phenoxy) is 4. The van der Waals surface area contributed by atoms with E-state index in [1.54, 1.807) is 18.2 Å². The number of esters is 2. The lowest BCUT2D eigenvalue weighted by molar-refractivity contribution is -0.128. The molecule has 0 fully saturated rings. The van der Waals surface area contributed by atoms with Crippen molar-refractivity contribution < 1.29 is 28.5 Å². The molecule has 1 aliphatic rings. The second-order valence-corrected chi connectivity index (χ2v) is 5.17. The van der Waals surface area contributed by atoms with Gasteiger partial charge in [0.25, 0.3) is 0 Å². The van der Waals surface area contributed by atoms with Crippen molar-refractivity contribution in [1.29, 1.82) is 0 Å². The maximum Gasteiger partial charge on any atom is 0.337 e. The number of carbonyl (C=O) groups excluding carboxylic acids is 2. The average molecular weight is 340 g/mol. The largest absolute Gasteiger partial charge is 0.486 e. The molecule has 3 rings (SSSR count). The highest BCUT2D eigenvalue weighted by Gasteiger charge is 2.11. The van der Waals surface area contributed by atoms with Crippen LogP contribution in [-0.2, 0) is 9.53 Å². The normalized spacial score (nSPS) is 12.7. The third kappa shape index (κ3) is 4.17. The zero-order chi connectivity index (χ0) is 17.6. The van der Waals surface area contributed by atoms with E-state index in [1.165, 1.54) is 37.5 Å². The predicted octanol–water partition coefficient (Wildman–Crippen LogP) is 2.86. The molecule has 0 unspecified atom stereocenters. The van der Waals surface area contributed by atoms with Gasteiger partial charge in [-0.2, -0.15) is 0 Å². The van der Waals surface area contributed by atoms with Gasteiger partial charge in [-0.25, -0.2) is 9.59 Å². The van der Waals surface area contributed by atoms with Crippen LogP contribution in [0.3, 0.4) is 0 Å². The molecule has 128 valence electrons. The number of benzene rings is 2. The van der Waals surface area contributed by atoms with Gasteiger partial charge in [-0.1, -0.05) is 6.07 Å². The van der Waals surface area contributed by atoms with Crippen molar-refractivity contribution in [3.8, 4) is 17.2 Å². The first kappa shape index (κ1) is 16.6. The molecule has 1 aliphatic heterocycles. The number of rotatable bonds is 4. The lowest BCUT2D eigenvalue weighted by Crippen LogP contribution is -2.15. The Bertz CT molecular complexity index is 807. The Morgan fingerprint density at radius 3 is 2.44 bits per heavy atom. The van der Waals surface area contributed by atoms with Crippen molar-refractivity contribution in [1.82, 2.24) is 0 Å². The molecular weight excluding hydrogens is 324 g/mol. The van der Waals surface area contributed by atoms with Crippen LogP contribution in [0, 0.1) is 0 Å². The molecule has 2 aromatic rings. The molecule has 0 saturated heterocycles. The van der Waals surface area contributed by atoms with Crippen molar-refractivity contribution in [3.05, 3.63) is 59.7 Å². The topological polar surface area (TPSA) is 71.1 Å². The molecule has 0 aromatic heterocycles. The third-order valence-corrected chi connectivity index (χ3v) is 3.47. The van der Waals surface area contributed by atoms with Crippen LogP contribution in [0.5, 0.6) is 17.2 Å². The minimum atomic E-state index is -0.527. The lowest BCUT2D eigenvalue weighted by atomic mass is 10.2. The van der Waals surface area contributed by atoms with E-state index >= 15 is 0 Å². The third-order valence-electron chi connectivity index (χ3n) is 3.47. The second-order valence-electron chi connectivity index (χ2n) is 5.17. The van der Waals surface area contributed by atoms with Crippen molar-refractivity contribution in [3.63, 3.8) is 0 Å². The van der Waals surface area contributed by atoms with Crippen LogP contribution in [-0.4, -0.2) is 32.3 Å². The van der Waals surface area contributed by atoms with Gasteiger partial charge in [0.05, 0.1) is 12.7 Å². The minimum Gasteiger partial charge on any atom is -0.486 e. The monoisotopic (exact) mass is 340 g/mol. The quantitative estimate of drug-likeness (QED) is 0.484. The highest BCUT2D eigenvalue weighted by atomic mass is 16.6. The van der Waals surface area contributed by atoms with Gasteiger partial charge >= 0.3 is 11.9 Å². The van der Waals surface area contributed by atoms with Gasteiger partial charge in [-0.3, -0.25) is 0 Å². The number of carbonyl (C=O) groups is 2. The molecule has 25 heavy (non-hydrogen) atoms. The summed E-state index contributed by atoms with van der Waals surface area (Å²) in [6.45, 7) is 1.03. The van der Waals surface area contributed by atoms with Crippen molar-refractivity contribution in [2.24, 2.45) is 0 Å². The summed E-state index contributed by atoms with van der Waals surface area (Å²) >= 11 is 0. The van der Waals surface area contributed by atoms with Crippen LogP contribution >= 0.6 is 0 Å². The van der Waals surface area contributed by atoms with E-state index in [0.717, 1.165) is 5.56 Å². The lowest BCUT2D eigenvalue weighted by Gasteiger charge is -2.18. The Hall–Kier alpha value is -3.28. The Balaban J connectivity index is 1.62. The van der Waals surface area contributed by atoms with E-state index in [2.05, 4.69) is 4.74 Å². The molecule has 1 heterocycles. The summed E-state index contributed by atoms with van der Waals surface area (Å²) in [6.07, 6.45) is 2.95. The van der Waals surface area contributed by atoms with Crippen LogP contribution in [0.4, 0.5) is 0 Å². The maximum atomic E-state index is 11.9. The first-order chi connectivity index (χ1) is 12.2. The summed E-state index contributed by atoms with van der Waals surface area (Å²) < 4.78 is 20.7. The summed E-state index contributed by atoms with van der Waals surface area (Å²) in [6, 6.07) is 11.5. The van der Waals surface area contributed by atoms with E-state index in [1.807, 2.05) is 6.07 Å². The van der Waals surface area contributed by atoms with Crippen LogP contribution in [0.1, 0.15) is 15.9 Å². The Kier molecular flexibility index (Phi) is 4.99. The van der Waals surface area contributed by atoms with Gasteiger partial charge < -0.3 is 18.9 Å². The molecule has 0 atom stereocenters. The fraction of sp³-hybridized carbons (Fsp3) is 0.158. The summed E-state index contributed by atoms with van der Waals surface area (Å²) in [5, 5.41) is 0. The molecule has 0 aliphatic carbocycles. The zero-order valence-corrected chi connectivity index (χ0v) is 13.6. The Morgan fingerprint density at radius 2 is 1.72 bits per heavy atom. The highest BCUT2D eigenvalue weighted by Crippen LogP contribution is 2.31. The van der Waals surface area contributed by atoms with Gasteiger partial charge in [0.2, 0.25) is 0 Å². The van der Waals surface area contributed by atoms with Crippen molar-refractivity contribution >= 4 is 18.0 Å². The Labute approximate surface area is 144 Å². The highest BCUT2D eigenvalue weighted by molar-refractivity contribution is 5.90. The van der Waals surface area contributed by atoms with Crippen LogP contribution in [0.25, 0.3) is 6.08 Å².